The fourth-order valence-corrected chi connectivity index (χ4v) is 3.20. The number of hydrogen-bond acceptors (Lipinski definition) is 3. The molecular formula is C16H20F2N2S. The molecule has 2 aromatic rings. The van der Waals surface area contributed by atoms with Gasteiger partial charge in [0.15, 0.2) is 0 Å². The van der Waals surface area contributed by atoms with Crippen LogP contribution in [-0.4, -0.2) is 11.5 Å². The minimum Gasteiger partial charge on any atom is -0.312 e. The zero-order chi connectivity index (χ0) is 15.4. The number of benzene rings is 1. The molecule has 1 aromatic heterocycles. The normalized spacial score (nSPS) is 11.3. The summed E-state index contributed by atoms with van der Waals surface area (Å²) in [7, 11) is 0. The van der Waals surface area contributed by atoms with Gasteiger partial charge in [-0.05, 0) is 31.0 Å². The van der Waals surface area contributed by atoms with Crippen molar-refractivity contribution in [1.29, 1.82) is 0 Å². The first-order valence-corrected chi connectivity index (χ1v) is 7.97. The summed E-state index contributed by atoms with van der Waals surface area (Å²) >= 11 is 1.47. The van der Waals surface area contributed by atoms with E-state index in [0.29, 0.717) is 16.5 Å². The van der Waals surface area contributed by atoms with Crippen LogP contribution in [0.1, 0.15) is 31.3 Å². The van der Waals surface area contributed by atoms with Crippen LogP contribution in [0.4, 0.5) is 8.78 Å². The molecule has 1 N–H and O–H groups in total. The number of rotatable bonds is 6. The highest BCUT2D eigenvalue weighted by atomic mass is 32.1. The van der Waals surface area contributed by atoms with Gasteiger partial charge in [-0.15, -0.1) is 11.3 Å². The third kappa shape index (κ3) is 4.08. The van der Waals surface area contributed by atoms with Crippen molar-refractivity contribution in [2.45, 2.75) is 33.7 Å². The Kier molecular flexibility index (Phi) is 5.42. The van der Waals surface area contributed by atoms with Crippen molar-refractivity contribution in [3.63, 3.8) is 0 Å². The van der Waals surface area contributed by atoms with Gasteiger partial charge in [-0.3, -0.25) is 0 Å². The lowest BCUT2D eigenvalue weighted by Crippen LogP contribution is -2.18. The van der Waals surface area contributed by atoms with Crippen molar-refractivity contribution in [2.24, 2.45) is 5.92 Å². The number of aryl methyl sites for hydroxylation is 1. The molecular weight excluding hydrogens is 290 g/mol. The molecule has 0 atom stereocenters. The summed E-state index contributed by atoms with van der Waals surface area (Å²) in [4.78, 5) is 5.63. The van der Waals surface area contributed by atoms with Gasteiger partial charge >= 0.3 is 0 Å². The summed E-state index contributed by atoms with van der Waals surface area (Å²) in [5, 5.41) is 4.00. The number of nitrogens with zero attached hydrogens (tertiary/aromatic N) is 1. The van der Waals surface area contributed by atoms with E-state index in [1.807, 2.05) is 6.92 Å². The second kappa shape index (κ2) is 7.09. The maximum Gasteiger partial charge on any atom is 0.136 e. The molecule has 0 aliphatic carbocycles. The van der Waals surface area contributed by atoms with Gasteiger partial charge in [-0.1, -0.05) is 20.8 Å². The van der Waals surface area contributed by atoms with Crippen molar-refractivity contribution in [2.75, 3.05) is 6.54 Å². The number of halogens is 2. The van der Waals surface area contributed by atoms with Crippen LogP contribution >= 0.6 is 11.3 Å². The van der Waals surface area contributed by atoms with Crippen LogP contribution in [0.5, 0.6) is 0 Å². The molecule has 0 amide bonds. The van der Waals surface area contributed by atoms with Gasteiger partial charge in [-0.25, -0.2) is 13.8 Å². The fraction of sp³-hybridized carbons (Fsp3) is 0.438. The highest BCUT2D eigenvalue weighted by Crippen LogP contribution is 2.30. The third-order valence-corrected chi connectivity index (χ3v) is 4.24. The summed E-state index contributed by atoms with van der Waals surface area (Å²) < 4.78 is 26.8. The summed E-state index contributed by atoms with van der Waals surface area (Å²) in [6.07, 6.45) is 0.804. The standard InChI is InChI=1S/C16H20F2N2S/c1-4-14-15(9-19-8-10(2)3)21-16(20-14)12-6-5-11(17)7-13(12)18/h5-7,10,19H,4,8-9H2,1-3H3. The lowest BCUT2D eigenvalue weighted by Gasteiger charge is -2.06. The Bertz CT molecular complexity index is 608. The highest BCUT2D eigenvalue weighted by Gasteiger charge is 2.14. The minimum absolute atomic E-state index is 0.367. The second-order valence-electron chi connectivity index (χ2n) is 5.39. The van der Waals surface area contributed by atoms with Crippen LogP contribution < -0.4 is 5.32 Å². The molecule has 21 heavy (non-hydrogen) atoms. The molecule has 0 spiro atoms. The molecule has 0 fully saturated rings. The molecule has 2 rings (SSSR count). The van der Waals surface area contributed by atoms with E-state index in [9.17, 15) is 8.78 Å². The maximum absolute atomic E-state index is 13.8. The van der Waals surface area contributed by atoms with E-state index >= 15 is 0 Å². The van der Waals surface area contributed by atoms with E-state index in [4.69, 9.17) is 0 Å². The largest absolute Gasteiger partial charge is 0.312 e. The Morgan fingerprint density at radius 1 is 1.29 bits per heavy atom. The molecule has 114 valence electrons. The van der Waals surface area contributed by atoms with Crippen LogP contribution in [0.15, 0.2) is 18.2 Å². The summed E-state index contributed by atoms with van der Waals surface area (Å²) in [6.45, 7) is 8.01. The Morgan fingerprint density at radius 2 is 2.05 bits per heavy atom. The second-order valence-corrected chi connectivity index (χ2v) is 6.47. The predicted octanol–water partition coefficient (Wildman–Crippen LogP) is 4.40. The quantitative estimate of drug-likeness (QED) is 0.855. The van der Waals surface area contributed by atoms with Crippen molar-refractivity contribution in [1.82, 2.24) is 10.3 Å². The predicted molar refractivity (Wildman–Crippen MR) is 83.4 cm³/mol. The zero-order valence-electron chi connectivity index (χ0n) is 12.5. The van der Waals surface area contributed by atoms with Gasteiger partial charge in [-0.2, -0.15) is 0 Å². The maximum atomic E-state index is 13.8. The Balaban J connectivity index is 2.23. The van der Waals surface area contributed by atoms with Crippen LogP contribution in [0.3, 0.4) is 0 Å². The lowest BCUT2D eigenvalue weighted by atomic mass is 10.2. The van der Waals surface area contributed by atoms with Gasteiger partial charge in [0, 0.05) is 23.1 Å². The summed E-state index contributed by atoms with van der Waals surface area (Å²) in [5.41, 5.74) is 1.35. The lowest BCUT2D eigenvalue weighted by molar-refractivity contribution is 0.553. The van der Waals surface area contributed by atoms with Gasteiger partial charge in [0.25, 0.3) is 0 Å². The summed E-state index contributed by atoms with van der Waals surface area (Å²) in [6, 6.07) is 3.62. The molecule has 0 unspecified atom stereocenters. The monoisotopic (exact) mass is 310 g/mol. The van der Waals surface area contributed by atoms with Gasteiger partial charge in [0.05, 0.1) is 5.69 Å². The van der Waals surface area contributed by atoms with Gasteiger partial charge in [0.2, 0.25) is 0 Å². The molecule has 0 saturated carbocycles. The van der Waals surface area contributed by atoms with E-state index in [-0.39, 0.29) is 0 Å². The first-order valence-electron chi connectivity index (χ1n) is 7.16. The number of hydrogen-bond donors (Lipinski definition) is 1. The van der Waals surface area contributed by atoms with Crippen LogP contribution in [0, 0.1) is 17.6 Å². The number of aromatic nitrogens is 1. The van der Waals surface area contributed by atoms with Gasteiger partial charge in [0.1, 0.15) is 16.6 Å². The average Bonchev–Trinajstić information content (AvgIpc) is 2.81. The van der Waals surface area contributed by atoms with E-state index in [1.54, 1.807) is 0 Å². The molecule has 0 aliphatic heterocycles. The zero-order valence-corrected chi connectivity index (χ0v) is 13.4. The van der Waals surface area contributed by atoms with Crippen LogP contribution in [-0.2, 0) is 13.0 Å². The first-order chi connectivity index (χ1) is 10.0. The van der Waals surface area contributed by atoms with Crippen LogP contribution in [0.2, 0.25) is 0 Å². The topological polar surface area (TPSA) is 24.9 Å². The van der Waals surface area contributed by atoms with E-state index < -0.39 is 11.6 Å². The third-order valence-electron chi connectivity index (χ3n) is 3.11. The van der Waals surface area contributed by atoms with Crippen molar-refractivity contribution in [3.05, 3.63) is 40.4 Å². The van der Waals surface area contributed by atoms with Crippen molar-refractivity contribution in [3.8, 4) is 10.6 Å². The molecule has 0 aliphatic rings. The average molecular weight is 310 g/mol. The fourth-order valence-electron chi connectivity index (χ4n) is 2.05. The molecule has 2 nitrogen and oxygen atoms in total. The Morgan fingerprint density at radius 3 is 2.67 bits per heavy atom. The van der Waals surface area contributed by atoms with Crippen molar-refractivity contribution < 1.29 is 8.78 Å². The molecule has 1 heterocycles. The molecule has 0 saturated heterocycles. The van der Waals surface area contributed by atoms with E-state index in [2.05, 4.69) is 24.1 Å². The number of nitrogens with one attached hydrogen (secondary N) is 1. The molecule has 0 bridgehead atoms. The summed E-state index contributed by atoms with van der Waals surface area (Å²) in [5.74, 6) is -0.549. The smallest absolute Gasteiger partial charge is 0.136 e. The van der Waals surface area contributed by atoms with Gasteiger partial charge < -0.3 is 5.32 Å². The molecule has 0 radical (unpaired) electrons. The van der Waals surface area contributed by atoms with E-state index in [1.165, 1.54) is 23.5 Å². The first kappa shape index (κ1) is 16.0. The number of thiazole rings is 1. The minimum atomic E-state index is -0.567. The van der Waals surface area contributed by atoms with Crippen LogP contribution in [0.25, 0.3) is 10.6 Å². The van der Waals surface area contributed by atoms with Crippen molar-refractivity contribution >= 4 is 11.3 Å². The molecule has 1 aromatic carbocycles. The SMILES string of the molecule is CCc1nc(-c2ccc(F)cc2F)sc1CNCC(C)C. The highest BCUT2D eigenvalue weighted by molar-refractivity contribution is 7.15. The van der Waals surface area contributed by atoms with E-state index in [0.717, 1.165) is 36.1 Å². The molecule has 5 heteroatoms. The Labute approximate surface area is 128 Å². The Hall–Kier alpha value is -1.33.